The second kappa shape index (κ2) is 6.97. The molecule has 1 aromatic rings. The van der Waals surface area contributed by atoms with Crippen molar-refractivity contribution in [2.24, 2.45) is 0 Å². The fourth-order valence-corrected chi connectivity index (χ4v) is 3.47. The van der Waals surface area contributed by atoms with Gasteiger partial charge in [0.15, 0.2) is 11.5 Å². The first-order valence-corrected chi connectivity index (χ1v) is 8.64. The van der Waals surface area contributed by atoms with Gasteiger partial charge in [-0.25, -0.2) is 4.79 Å². The van der Waals surface area contributed by atoms with Crippen molar-refractivity contribution in [3.63, 3.8) is 0 Å². The van der Waals surface area contributed by atoms with Gasteiger partial charge in [-0.3, -0.25) is 14.5 Å². The molecule has 2 aliphatic heterocycles. The molecule has 2 aliphatic rings. The number of carbonyl (C=O) groups excluding carboxylic acids is 3. The smallest absolute Gasteiger partial charge is 0.329 e. The molecule has 0 saturated carbocycles. The zero-order valence-corrected chi connectivity index (χ0v) is 15.0. The van der Waals surface area contributed by atoms with Crippen molar-refractivity contribution in [3.8, 4) is 11.5 Å². The maximum absolute atomic E-state index is 12.5. The lowest BCUT2D eigenvalue weighted by molar-refractivity contribution is -0.150. The van der Waals surface area contributed by atoms with E-state index in [-0.39, 0.29) is 18.3 Å². The predicted octanol–water partition coefficient (Wildman–Crippen LogP) is 3.06. The van der Waals surface area contributed by atoms with Crippen molar-refractivity contribution in [1.82, 2.24) is 4.90 Å². The van der Waals surface area contributed by atoms with Crippen LogP contribution in [0.25, 0.3) is 6.08 Å². The summed E-state index contributed by atoms with van der Waals surface area (Å²) in [6.45, 7) is 3.37. The topological polar surface area (TPSA) is 82.1 Å². The lowest BCUT2D eigenvalue weighted by atomic mass is 10.1. The molecule has 9 heteroatoms. The molecule has 0 spiro atoms. The third-order valence-electron chi connectivity index (χ3n) is 3.62. The number of fused-ring (bicyclic) bond motifs is 1. The van der Waals surface area contributed by atoms with Crippen LogP contribution in [0.3, 0.4) is 0 Å². The highest BCUT2D eigenvalue weighted by Gasteiger charge is 2.41. The molecule has 7 nitrogen and oxygen atoms in total. The Bertz CT molecular complexity index is 793. The molecular formula is C16H14ClNO6S. The zero-order chi connectivity index (χ0) is 18.1. The first-order chi connectivity index (χ1) is 11.9. The Balaban J connectivity index is 1.87. The van der Waals surface area contributed by atoms with E-state index in [0.717, 1.165) is 16.7 Å². The van der Waals surface area contributed by atoms with Gasteiger partial charge in [0, 0.05) is 6.07 Å². The fraction of sp³-hybridized carbons (Fsp3) is 0.312. The molecule has 3 rings (SSSR count). The van der Waals surface area contributed by atoms with Crippen molar-refractivity contribution < 1.29 is 28.6 Å². The lowest BCUT2D eigenvalue weighted by Gasteiger charge is -2.19. The summed E-state index contributed by atoms with van der Waals surface area (Å²) in [7, 11) is 0. The summed E-state index contributed by atoms with van der Waals surface area (Å²) in [5.74, 6) is -0.169. The number of hydrogen-bond donors (Lipinski definition) is 0. The molecule has 1 atom stereocenters. The summed E-state index contributed by atoms with van der Waals surface area (Å²) < 4.78 is 15.4. The highest BCUT2D eigenvalue weighted by molar-refractivity contribution is 8.18. The number of ether oxygens (including phenoxy) is 3. The molecule has 132 valence electrons. The van der Waals surface area contributed by atoms with Gasteiger partial charge >= 0.3 is 5.97 Å². The Kier molecular flexibility index (Phi) is 4.91. The van der Waals surface area contributed by atoms with E-state index in [1.54, 1.807) is 19.1 Å². The molecule has 1 fully saturated rings. The van der Waals surface area contributed by atoms with Crippen LogP contribution in [0.15, 0.2) is 17.0 Å². The average molecular weight is 384 g/mol. The van der Waals surface area contributed by atoms with Crippen LogP contribution >= 0.6 is 23.4 Å². The zero-order valence-electron chi connectivity index (χ0n) is 13.4. The summed E-state index contributed by atoms with van der Waals surface area (Å²) in [4.78, 5) is 37.5. The van der Waals surface area contributed by atoms with Gasteiger partial charge in [-0.05, 0) is 43.3 Å². The number of rotatable bonds is 4. The predicted molar refractivity (Wildman–Crippen MR) is 91.5 cm³/mol. The van der Waals surface area contributed by atoms with Crippen LogP contribution in [0, 0.1) is 0 Å². The monoisotopic (exact) mass is 383 g/mol. The maximum atomic E-state index is 12.5. The van der Waals surface area contributed by atoms with E-state index < -0.39 is 23.2 Å². The van der Waals surface area contributed by atoms with E-state index >= 15 is 0 Å². The minimum atomic E-state index is -0.995. The minimum absolute atomic E-state index is 0.0999. The van der Waals surface area contributed by atoms with E-state index in [2.05, 4.69) is 0 Å². The normalized spacial score (nSPS) is 18.8. The summed E-state index contributed by atoms with van der Waals surface area (Å²) in [5, 5.41) is -0.178. The Morgan fingerprint density at radius 3 is 2.76 bits per heavy atom. The molecule has 0 unspecified atom stereocenters. The van der Waals surface area contributed by atoms with E-state index in [4.69, 9.17) is 25.8 Å². The number of halogens is 1. The molecule has 0 bridgehead atoms. The summed E-state index contributed by atoms with van der Waals surface area (Å²) in [6.07, 6.45) is 1.49. The number of imide groups is 1. The van der Waals surface area contributed by atoms with Crippen molar-refractivity contribution in [3.05, 3.63) is 27.6 Å². The molecule has 1 saturated heterocycles. The molecule has 0 N–H and O–H groups in total. The Morgan fingerprint density at radius 2 is 2.08 bits per heavy atom. The largest absolute Gasteiger partial charge is 0.464 e. The number of hydrogen-bond acceptors (Lipinski definition) is 7. The molecule has 0 radical (unpaired) electrons. The first-order valence-electron chi connectivity index (χ1n) is 7.45. The standard InChI is InChI=1S/C16H14ClNO6S/c1-3-22-15(20)8(2)18-14(19)13(25-16(18)21)5-9-4-11-12(6-10(9)17)24-7-23-11/h4-6,8H,3,7H2,1-2H3/b13-5+/t8-/m1/s1. The molecule has 2 heterocycles. The van der Waals surface area contributed by atoms with Crippen molar-refractivity contribution in [1.29, 1.82) is 0 Å². The summed E-state index contributed by atoms with van der Waals surface area (Å²) in [6, 6.07) is 2.22. The quantitative estimate of drug-likeness (QED) is 0.583. The molecule has 0 aromatic heterocycles. The van der Waals surface area contributed by atoms with Crippen LogP contribution in [0.5, 0.6) is 11.5 Å². The SMILES string of the molecule is CCOC(=O)[C@@H](C)N1C(=O)S/C(=C/c2cc3c(cc2Cl)OCO3)C1=O. The first kappa shape index (κ1) is 17.6. The average Bonchev–Trinajstić information content (AvgIpc) is 3.11. The molecule has 25 heavy (non-hydrogen) atoms. The highest BCUT2D eigenvalue weighted by atomic mass is 35.5. The summed E-state index contributed by atoms with van der Waals surface area (Å²) >= 11 is 6.93. The van der Waals surface area contributed by atoms with Crippen LogP contribution in [0.2, 0.25) is 5.02 Å². The Hall–Kier alpha value is -2.19. The van der Waals surface area contributed by atoms with Crippen molar-refractivity contribution >= 4 is 46.6 Å². The second-order valence-corrected chi connectivity index (χ2v) is 6.61. The third kappa shape index (κ3) is 3.32. The number of thioether (sulfide) groups is 1. The molecular weight excluding hydrogens is 370 g/mol. The van der Waals surface area contributed by atoms with E-state index in [1.165, 1.54) is 13.0 Å². The number of carbonyl (C=O) groups is 3. The third-order valence-corrected chi connectivity index (χ3v) is 4.83. The van der Waals surface area contributed by atoms with Crippen LogP contribution in [-0.4, -0.2) is 41.5 Å². The van der Waals surface area contributed by atoms with Gasteiger partial charge < -0.3 is 14.2 Å². The molecule has 1 aromatic carbocycles. The van der Waals surface area contributed by atoms with Gasteiger partial charge in [0.2, 0.25) is 6.79 Å². The van der Waals surface area contributed by atoms with Crippen LogP contribution < -0.4 is 9.47 Å². The minimum Gasteiger partial charge on any atom is -0.464 e. The molecule has 2 amide bonds. The lowest BCUT2D eigenvalue weighted by Crippen LogP contribution is -2.42. The van der Waals surface area contributed by atoms with Crippen LogP contribution in [0.4, 0.5) is 4.79 Å². The van der Waals surface area contributed by atoms with Crippen LogP contribution in [0.1, 0.15) is 19.4 Å². The van der Waals surface area contributed by atoms with Gasteiger partial charge in [0.25, 0.3) is 11.1 Å². The number of nitrogens with zero attached hydrogens (tertiary/aromatic N) is 1. The van der Waals surface area contributed by atoms with Gasteiger partial charge in [0.1, 0.15) is 6.04 Å². The van der Waals surface area contributed by atoms with E-state index in [1.807, 2.05) is 0 Å². The van der Waals surface area contributed by atoms with Gasteiger partial charge in [-0.2, -0.15) is 0 Å². The number of amides is 2. The van der Waals surface area contributed by atoms with Gasteiger partial charge in [-0.1, -0.05) is 11.6 Å². The number of benzene rings is 1. The van der Waals surface area contributed by atoms with Crippen LogP contribution in [-0.2, 0) is 14.3 Å². The Labute approximate surface area is 152 Å². The van der Waals surface area contributed by atoms with Crippen molar-refractivity contribution in [2.45, 2.75) is 19.9 Å². The van der Waals surface area contributed by atoms with E-state index in [9.17, 15) is 14.4 Å². The Morgan fingerprint density at radius 1 is 1.40 bits per heavy atom. The molecule has 0 aliphatic carbocycles. The number of esters is 1. The van der Waals surface area contributed by atoms with Gasteiger partial charge in [-0.15, -0.1) is 0 Å². The maximum Gasteiger partial charge on any atom is 0.329 e. The highest BCUT2D eigenvalue weighted by Crippen LogP contribution is 2.40. The van der Waals surface area contributed by atoms with E-state index in [0.29, 0.717) is 22.1 Å². The summed E-state index contributed by atoms with van der Waals surface area (Å²) in [5.41, 5.74) is 0.514. The van der Waals surface area contributed by atoms with Gasteiger partial charge in [0.05, 0.1) is 16.5 Å². The second-order valence-electron chi connectivity index (χ2n) is 5.21. The fourth-order valence-electron chi connectivity index (χ4n) is 2.37. The van der Waals surface area contributed by atoms with Crippen molar-refractivity contribution in [2.75, 3.05) is 13.4 Å².